The standard InChI is InChI=1S/C12H20N4S/c1-3-14-12(10-8-13-4-5-15-10)11-9-17-7-6-16(11)2/h4-5,8,11-12,14H,3,6-7,9H2,1-2H3. The van der Waals surface area contributed by atoms with Crippen LogP contribution in [-0.2, 0) is 0 Å². The SMILES string of the molecule is CCNC(c1cnccn1)C1CSCCN1C. The summed E-state index contributed by atoms with van der Waals surface area (Å²) in [4.78, 5) is 11.1. The summed E-state index contributed by atoms with van der Waals surface area (Å²) in [6.45, 7) is 4.24. The van der Waals surface area contributed by atoms with Crippen molar-refractivity contribution in [2.75, 3.05) is 31.6 Å². The van der Waals surface area contributed by atoms with Gasteiger partial charge in [0, 0.05) is 36.5 Å². The normalized spacial score (nSPS) is 23.5. The fourth-order valence-corrected chi connectivity index (χ4v) is 3.46. The molecule has 1 fully saturated rings. The average molecular weight is 252 g/mol. The minimum Gasteiger partial charge on any atom is -0.308 e. The molecule has 17 heavy (non-hydrogen) atoms. The highest BCUT2D eigenvalue weighted by Crippen LogP contribution is 2.25. The molecule has 0 aromatic carbocycles. The lowest BCUT2D eigenvalue weighted by atomic mass is 10.1. The van der Waals surface area contributed by atoms with Gasteiger partial charge in [0.2, 0.25) is 0 Å². The number of rotatable bonds is 4. The Morgan fingerprint density at radius 2 is 2.47 bits per heavy atom. The molecule has 0 radical (unpaired) electrons. The van der Waals surface area contributed by atoms with Crippen LogP contribution in [0.25, 0.3) is 0 Å². The molecule has 0 amide bonds. The number of hydrogen-bond acceptors (Lipinski definition) is 5. The van der Waals surface area contributed by atoms with Gasteiger partial charge < -0.3 is 5.32 Å². The van der Waals surface area contributed by atoms with Gasteiger partial charge in [-0.3, -0.25) is 14.9 Å². The molecule has 5 heteroatoms. The number of nitrogens with zero attached hydrogens (tertiary/aromatic N) is 3. The molecule has 1 aromatic rings. The highest BCUT2D eigenvalue weighted by atomic mass is 32.2. The van der Waals surface area contributed by atoms with E-state index in [1.807, 2.05) is 18.0 Å². The topological polar surface area (TPSA) is 41.1 Å². The maximum Gasteiger partial charge on any atom is 0.0772 e. The van der Waals surface area contributed by atoms with Crippen molar-refractivity contribution in [3.63, 3.8) is 0 Å². The molecule has 1 saturated heterocycles. The molecule has 2 unspecified atom stereocenters. The lowest BCUT2D eigenvalue weighted by Gasteiger charge is -2.37. The molecule has 1 aliphatic rings. The van der Waals surface area contributed by atoms with Gasteiger partial charge in [-0.1, -0.05) is 6.92 Å². The van der Waals surface area contributed by atoms with E-state index in [-0.39, 0.29) is 6.04 Å². The van der Waals surface area contributed by atoms with Gasteiger partial charge in [-0.05, 0) is 13.6 Å². The number of aromatic nitrogens is 2. The van der Waals surface area contributed by atoms with Gasteiger partial charge in [-0.25, -0.2) is 0 Å². The van der Waals surface area contributed by atoms with Gasteiger partial charge in [0.15, 0.2) is 0 Å². The van der Waals surface area contributed by atoms with Crippen LogP contribution in [0.4, 0.5) is 0 Å². The van der Waals surface area contributed by atoms with Crippen molar-refractivity contribution in [3.05, 3.63) is 24.3 Å². The zero-order valence-electron chi connectivity index (χ0n) is 10.5. The van der Waals surface area contributed by atoms with Crippen LogP contribution in [0.2, 0.25) is 0 Å². The molecule has 2 rings (SSSR count). The second-order valence-electron chi connectivity index (χ2n) is 4.29. The summed E-state index contributed by atoms with van der Waals surface area (Å²) in [6.07, 6.45) is 5.38. The second kappa shape index (κ2) is 6.33. The van der Waals surface area contributed by atoms with Crippen molar-refractivity contribution in [2.24, 2.45) is 0 Å². The zero-order chi connectivity index (χ0) is 12.1. The van der Waals surface area contributed by atoms with Gasteiger partial charge >= 0.3 is 0 Å². The van der Waals surface area contributed by atoms with E-state index in [1.165, 1.54) is 5.75 Å². The molecule has 1 N–H and O–H groups in total. The van der Waals surface area contributed by atoms with Crippen LogP contribution >= 0.6 is 11.8 Å². The summed E-state index contributed by atoms with van der Waals surface area (Å²) >= 11 is 2.03. The largest absolute Gasteiger partial charge is 0.308 e. The second-order valence-corrected chi connectivity index (χ2v) is 5.44. The van der Waals surface area contributed by atoms with E-state index in [0.29, 0.717) is 6.04 Å². The zero-order valence-corrected chi connectivity index (χ0v) is 11.3. The molecule has 2 atom stereocenters. The highest BCUT2D eigenvalue weighted by Gasteiger charge is 2.29. The van der Waals surface area contributed by atoms with Crippen molar-refractivity contribution in [1.29, 1.82) is 0 Å². The van der Waals surface area contributed by atoms with Gasteiger partial charge in [0.1, 0.15) is 0 Å². The first-order valence-corrected chi connectivity index (χ1v) is 7.25. The maximum atomic E-state index is 4.45. The Labute approximate surface area is 107 Å². The first kappa shape index (κ1) is 12.8. The average Bonchev–Trinajstić information content (AvgIpc) is 2.38. The third kappa shape index (κ3) is 3.18. The molecule has 4 nitrogen and oxygen atoms in total. The van der Waals surface area contributed by atoms with E-state index >= 15 is 0 Å². The summed E-state index contributed by atoms with van der Waals surface area (Å²) in [5, 5.41) is 3.54. The first-order valence-electron chi connectivity index (χ1n) is 6.10. The monoisotopic (exact) mass is 252 g/mol. The van der Waals surface area contributed by atoms with E-state index in [2.05, 4.69) is 34.2 Å². The number of likely N-dealkylation sites (N-methyl/N-ethyl adjacent to an activating group) is 2. The third-order valence-electron chi connectivity index (χ3n) is 3.15. The Hall–Kier alpha value is -0.650. The predicted octanol–water partition coefficient (Wildman–Crippen LogP) is 1.17. The lowest BCUT2D eigenvalue weighted by molar-refractivity contribution is 0.214. The smallest absolute Gasteiger partial charge is 0.0772 e. The fourth-order valence-electron chi connectivity index (χ4n) is 2.19. The molecule has 0 saturated carbocycles. The third-order valence-corrected chi connectivity index (χ3v) is 4.20. The number of nitrogens with one attached hydrogen (secondary N) is 1. The van der Waals surface area contributed by atoms with E-state index in [1.54, 1.807) is 12.4 Å². The summed E-state index contributed by atoms with van der Waals surface area (Å²) in [6, 6.07) is 0.789. The Bertz CT molecular complexity index is 333. The minimum absolute atomic E-state index is 0.284. The van der Waals surface area contributed by atoms with Crippen molar-refractivity contribution in [1.82, 2.24) is 20.2 Å². The van der Waals surface area contributed by atoms with E-state index in [9.17, 15) is 0 Å². The molecular formula is C12H20N4S. The van der Waals surface area contributed by atoms with Crippen LogP contribution in [0, 0.1) is 0 Å². The van der Waals surface area contributed by atoms with E-state index in [4.69, 9.17) is 0 Å². The van der Waals surface area contributed by atoms with Crippen molar-refractivity contribution in [3.8, 4) is 0 Å². The van der Waals surface area contributed by atoms with Crippen LogP contribution in [0.15, 0.2) is 18.6 Å². The van der Waals surface area contributed by atoms with Crippen LogP contribution in [0.5, 0.6) is 0 Å². The minimum atomic E-state index is 0.284. The number of hydrogen-bond donors (Lipinski definition) is 1. The number of thioether (sulfide) groups is 1. The summed E-state index contributed by atoms with van der Waals surface area (Å²) in [5.74, 6) is 2.39. The highest BCUT2D eigenvalue weighted by molar-refractivity contribution is 7.99. The summed E-state index contributed by atoms with van der Waals surface area (Å²) in [5.41, 5.74) is 1.05. The molecule has 0 aliphatic carbocycles. The van der Waals surface area contributed by atoms with Crippen LogP contribution in [0.1, 0.15) is 18.7 Å². The lowest BCUT2D eigenvalue weighted by Crippen LogP contribution is -2.48. The first-order chi connectivity index (χ1) is 8.33. The predicted molar refractivity (Wildman–Crippen MR) is 72.2 cm³/mol. The fraction of sp³-hybridized carbons (Fsp3) is 0.667. The quantitative estimate of drug-likeness (QED) is 0.871. The Morgan fingerprint density at radius 1 is 1.59 bits per heavy atom. The molecule has 0 bridgehead atoms. The van der Waals surface area contributed by atoms with Crippen molar-refractivity contribution >= 4 is 11.8 Å². The molecule has 2 heterocycles. The summed E-state index contributed by atoms with van der Waals surface area (Å²) < 4.78 is 0. The van der Waals surface area contributed by atoms with Crippen molar-refractivity contribution < 1.29 is 0 Å². The van der Waals surface area contributed by atoms with E-state index in [0.717, 1.165) is 24.5 Å². The van der Waals surface area contributed by atoms with Gasteiger partial charge in [0.25, 0.3) is 0 Å². The van der Waals surface area contributed by atoms with Crippen LogP contribution in [0.3, 0.4) is 0 Å². The summed E-state index contributed by atoms with van der Waals surface area (Å²) in [7, 11) is 2.20. The van der Waals surface area contributed by atoms with Gasteiger partial charge in [-0.15, -0.1) is 0 Å². The molecule has 0 spiro atoms. The van der Waals surface area contributed by atoms with Crippen molar-refractivity contribution in [2.45, 2.75) is 19.0 Å². The Morgan fingerprint density at radius 3 is 3.12 bits per heavy atom. The van der Waals surface area contributed by atoms with Crippen LogP contribution < -0.4 is 5.32 Å². The Kier molecular flexibility index (Phi) is 4.76. The van der Waals surface area contributed by atoms with Gasteiger partial charge in [-0.2, -0.15) is 11.8 Å². The van der Waals surface area contributed by atoms with Gasteiger partial charge in [0.05, 0.1) is 17.9 Å². The van der Waals surface area contributed by atoms with E-state index < -0.39 is 0 Å². The maximum absolute atomic E-state index is 4.45. The van der Waals surface area contributed by atoms with Crippen LogP contribution in [-0.4, -0.2) is 52.6 Å². The molecule has 94 valence electrons. The molecule has 1 aliphatic heterocycles. The molecule has 1 aromatic heterocycles. The Balaban J connectivity index is 2.16. The molecular weight excluding hydrogens is 232 g/mol.